The molecule has 2 heterocycles. The number of rotatable bonds is 1. The second kappa shape index (κ2) is 3.08. The molecule has 2 aromatic heterocycles. The molecule has 0 atom stereocenters. The average Bonchev–Trinajstić information content (AvgIpc) is 2.71. The zero-order valence-electron chi connectivity index (χ0n) is 9.01. The predicted octanol–water partition coefficient (Wildman–Crippen LogP) is 0.771. The molecule has 7 heteroatoms. The number of nitrogens with one attached hydrogen (secondary N) is 1. The number of fused-ring (bicyclic) bond motifs is 3. The molecule has 0 aliphatic rings. The maximum Gasteiger partial charge on any atom is 0.238 e. The van der Waals surface area contributed by atoms with Crippen LogP contribution >= 0.6 is 0 Å². The minimum Gasteiger partial charge on any atom is -0.297 e. The molecule has 0 bridgehead atoms. The van der Waals surface area contributed by atoms with E-state index in [1.807, 2.05) is 13.0 Å². The molecule has 0 aliphatic heterocycles. The van der Waals surface area contributed by atoms with Crippen LogP contribution in [0.3, 0.4) is 0 Å². The molecular weight excluding hydrogens is 240 g/mol. The summed E-state index contributed by atoms with van der Waals surface area (Å²) in [5.41, 5.74) is 3.16. The van der Waals surface area contributed by atoms with Crippen molar-refractivity contribution in [2.45, 2.75) is 11.8 Å². The highest BCUT2D eigenvalue weighted by Gasteiger charge is 2.12. The summed E-state index contributed by atoms with van der Waals surface area (Å²) in [6.45, 7) is 1.93. The normalized spacial score (nSPS) is 12.6. The van der Waals surface area contributed by atoms with Gasteiger partial charge in [-0.1, -0.05) is 0 Å². The fourth-order valence-corrected chi connectivity index (χ4v) is 2.41. The zero-order valence-corrected chi connectivity index (χ0v) is 9.82. The maximum atomic E-state index is 11.2. The van der Waals surface area contributed by atoms with Crippen molar-refractivity contribution in [1.29, 1.82) is 0 Å². The van der Waals surface area contributed by atoms with E-state index in [1.165, 1.54) is 12.1 Å². The summed E-state index contributed by atoms with van der Waals surface area (Å²) in [4.78, 5) is 4.39. The van der Waals surface area contributed by atoms with E-state index in [1.54, 1.807) is 10.6 Å². The number of imidazole rings is 1. The minimum atomic E-state index is -3.68. The van der Waals surface area contributed by atoms with Crippen LogP contribution in [0.25, 0.3) is 16.7 Å². The van der Waals surface area contributed by atoms with Gasteiger partial charge >= 0.3 is 0 Å². The smallest absolute Gasteiger partial charge is 0.238 e. The molecule has 0 amide bonds. The molecule has 17 heavy (non-hydrogen) atoms. The number of hydrogen-bond donors (Lipinski definition) is 2. The second-order valence-corrected chi connectivity index (χ2v) is 5.50. The van der Waals surface area contributed by atoms with Gasteiger partial charge in [-0.05, 0) is 25.1 Å². The fraction of sp³-hybridized carbons (Fsp3) is 0.100. The van der Waals surface area contributed by atoms with Gasteiger partial charge in [0, 0.05) is 11.8 Å². The van der Waals surface area contributed by atoms with E-state index in [2.05, 4.69) is 10.1 Å². The van der Waals surface area contributed by atoms with Crippen LogP contribution in [0.1, 0.15) is 5.69 Å². The summed E-state index contributed by atoms with van der Waals surface area (Å²) in [5, 5.41) is 8.18. The Morgan fingerprint density at radius 3 is 2.82 bits per heavy atom. The monoisotopic (exact) mass is 250 g/mol. The molecule has 0 spiro atoms. The summed E-state index contributed by atoms with van der Waals surface area (Å²) >= 11 is 0. The summed E-state index contributed by atoms with van der Waals surface area (Å²) in [7, 11) is -3.68. The van der Waals surface area contributed by atoms with E-state index >= 15 is 0 Å². The quantitative estimate of drug-likeness (QED) is 0.668. The number of benzene rings is 1. The highest BCUT2D eigenvalue weighted by Crippen LogP contribution is 2.20. The molecule has 3 rings (SSSR count). The number of nitrogens with zero attached hydrogens (tertiary/aromatic N) is 2. The molecule has 0 radical (unpaired) electrons. The van der Waals surface area contributed by atoms with Gasteiger partial charge in [-0.25, -0.2) is 23.1 Å². The van der Waals surface area contributed by atoms with E-state index in [0.717, 1.165) is 16.9 Å². The first-order chi connectivity index (χ1) is 7.95. The van der Waals surface area contributed by atoms with Crippen molar-refractivity contribution in [2.24, 2.45) is 5.14 Å². The van der Waals surface area contributed by atoms with E-state index in [4.69, 9.17) is 5.14 Å². The van der Waals surface area contributed by atoms with Crippen LogP contribution in [0.5, 0.6) is 0 Å². The summed E-state index contributed by atoms with van der Waals surface area (Å²) in [5.74, 6) is 0. The zero-order chi connectivity index (χ0) is 12.2. The molecular formula is C10H10N4O2S. The van der Waals surface area contributed by atoms with Crippen molar-refractivity contribution in [3.05, 3.63) is 30.0 Å². The number of H-pyrrole nitrogens is 1. The highest BCUT2D eigenvalue weighted by atomic mass is 32.2. The molecule has 88 valence electrons. The number of nitrogens with two attached hydrogens (primary N) is 1. The third-order valence-corrected chi connectivity index (χ3v) is 3.53. The first-order valence-electron chi connectivity index (χ1n) is 4.96. The number of aromatic nitrogens is 3. The van der Waals surface area contributed by atoms with Crippen molar-refractivity contribution in [1.82, 2.24) is 14.6 Å². The van der Waals surface area contributed by atoms with Crippen LogP contribution < -0.4 is 5.14 Å². The SMILES string of the molecule is Cc1cc2nc3cc(S(N)(=O)=O)ccc3n2[nH]1. The molecule has 3 aromatic rings. The molecule has 0 unspecified atom stereocenters. The van der Waals surface area contributed by atoms with Gasteiger partial charge in [0.05, 0.1) is 15.9 Å². The van der Waals surface area contributed by atoms with Gasteiger partial charge in [0.25, 0.3) is 0 Å². The number of primary sulfonamides is 1. The molecule has 0 fully saturated rings. The molecule has 0 aliphatic carbocycles. The Morgan fingerprint density at radius 2 is 2.12 bits per heavy atom. The van der Waals surface area contributed by atoms with Gasteiger partial charge in [-0.3, -0.25) is 5.10 Å². The van der Waals surface area contributed by atoms with Crippen LogP contribution in [0.2, 0.25) is 0 Å². The Balaban J connectivity index is 2.38. The van der Waals surface area contributed by atoms with E-state index < -0.39 is 10.0 Å². The summed E-state index contributed by atoms with van der Waals surface area (Å²) in [6.07, 6.45) is 0. The van der Waals surface area contributed by atoms with Crippen LogP contribution in [0.4, 0.5) is 0 Å². The fourth-order valence-electron chi connectivity index (χ4n) is 1.87. The van der Waals surface area contributed by atoms with Gasteiger partial charge < -0.3 is 0 Å². The Morgan fingerprint density at radius 1 is 1.35 bits per heavy atom. The largest absolute Gasteiger partial charge is 0.297 e. The van der Waals surface area contributed by atoms with Gasteiger partial charge in [0.2, 0.25) is 10.0 Å². The predicted molar refractivity (Wildman–Crippen MR) is 63.2 cm³/mol. The lowest BCUT2D eigenvalue weighted by Gasteiger charge is -1.97. The summed E-state index contributed by atoms with van der Waals surface area (Å²) < 4.78 is 24.2. The van der Waals surface area contributed by atoms with Gasteiger partial charge in [0.1, 0.15) is 0 Å². The van der Waals surface area contributed by atoms with Crippen LogP contribution in [0, 0.1) is 6.92 Å². The van der Waals surface area contributed by atoms with Crippen molar-refractivity contribution in [2.75, 3.05) is 0 Å². The first-order valence-corrected chi connectivity index (χ1v) is 6.50. The van der Waals surface area contributed by atoms with Crippen LogP contribution in [-0.2, 0) is 10.0 Å². The molecule has 6 nitrogen and oxygen atoms in total. The number of sulfonamides is 1. The lowest BCUT2D eigenvalue weighted by Crippen LogP contribution is -2.11. The van der Waals surface area contributed by atoms with Crippen molar-refractivity contribution >= 4 is 26.7 Å². The maximum absolute atomic E-state index is 11.2. The topological polar surface area (TPSA) is 93.2 Å². The van der Waals surface area contributed by atoms with E-state index in [9.17, 15) is 8.42 Å². The van der Waals surface area contributed by atoms with Gasteiger partial charge in [-0.2, -0.15) is 0 Å². The van der Waals surface area contributed by atoms with Crippen LogP contribution in [-0.4, -0.2) is 23.0 Å². The van der Waals surface area contributed by atoms with Crippen LogP contribution in [0.15, 0.2) is 29.2 Å². The third-order valence-electron chi connectivity index (χ3n) is 2.61. The number of aryl methyl sites for hydroxylation is 1. The minimum absolute atomic E-state index is 0.0717. The van der Waals surface area contributed by atoms with Crippen molar-refractivity contribution < 1.29 is 8.42 Å². The number of hydrogen-bond acceptors (Lipinski definition) is 3. The Bertz CT molecular complexity index is 829. The second-order valence-electron chi connectivity index (χ2n) is 3.94. The van der Waals surface area contributed by atoms with E-state index in [-0.39, 0.29) is 4.90 Å². The van der Waals surface area contributed by atoms with Crippen molar-refractivity contribution in [3.8, 4) is 0 Å². The molecule has 0 saturated carbocycles. The Hall–Kier alpha value is -1.86. The van der Waals surface area contributed by atoms with Crippen molar-refractivity contribution in [3.63, 3.8) is 0 Å². The molecule has 0 saturated heterocycles. The summed E-state index contributed by atoms with van der Waals surface area (Å²) in [6, 6.07) is 6.52. The molecule has 1 aromatic carbocycles. The lowest BCUT2D eigenvalue weighted by atomic mass is 10.3. The van der Waals surface area contributed by atoms with Gasteiger partial charge in [0.15, 0.2) is 5.65 Å². The van der Waals surface area contributed by atoms with E-state index in [0.29, 0.717) is 5.52 Å². The number of aromatic amines is 1. The Kier molecular flexibility index (Phi) is 1.87. The standard InChI is InChI=1S/C10H10N4O2S/c1-6-4-10-12-8-5-7(17(11,15)16)2-3-9(8)14(10)13-6/h2-5,13H,1H3,(H2,11,15,16). The molecule has 3 N–H and O–H groups in total. The Labute approximate surface area is 97.1 Å². The first kappa shape index (κ1) is 10.3. The highest BCUT2D eigenvalue weighted by molar-refractivity contribution is 7.89. The average molecular weight is 250 g/mol. The lowest BCUT2D eigenvalue weighted by molar-refractivity contribution is 0.598. The van der Waals surface area contributed by atoms with Gasteiger partial charge in [-0.15, -0.1) is 0 Å². The third kappa shape index (κ3) is 1.51.